The Kier molecular flexibility index (Phi) is 48.3. The summed E-state index contributed by atoms with van der Waals surface area (Å²) in [6, 6.07) is 0. The number of ether oxygens (including phenoxy) is 3. The van der Waals surface area contributed by atoms with Crippen LogP contribution in [0.4, 0.5) is 0 Å². The van der Waals surface area contributed by atoms with E-state index in [-0.39, 0.29) is 31.1 Å². The molecule has 0 saturated carbocycles. The zero-order valence-electron chi connectivity index (χ0n) is 40.7. The van der Waals surface area contributed by atoms with Crippen molar-refractivity contribution in [2.24, 2.45) is 0 Å². The Balaban J connectivity index is 4.40. The molecular formula is C55H100O6. The van der Waals surface area contributed by atoms with Crippen molar-refractivity contribution < 1.29 is 28.6 Å². The summed E-state index contributed by atoms with van der Waals surface area (Å²) >= 11 is 0. The van der Waals surface area contributed by atoms with Gasteiger partial charge in [0.05, 0.1) is 0 Å². The molecule has 6 heteroatoms. The third-order valence-electron chi connectivity index (χ3n) is 11.6. The van der Waals surface area contributed by atoms with Crippen molar-refractivity contribution in [1.29, 1.82) is 0 Å². The van der Waals surface area contributed by atoms with E-state index in [0.29, 0.717) is 19.3 Å². The highest BCUT2D eigenvalue weighted by atomic mass is 16.6. The highest BCUT2D eigenvalue weighted by molar-refractivity contribution is 5.71. The second-order valence-electron chi connectivity index (χ2n) is 17.8. The van der Waals surface area contributed by atoms with Crippen molar-refractivity contribution in [2.75, 3.05) is 13.2 Å². The summed E-state index contributed by atoms with van der Waals surface area (Å²) in [7, 11) is 0. The van der Waals surface area contributed by atoms with Crippen LogP contribution in [0.2, 0.25) is 0 Å². The summed E-state index contributed by atoms with van der Waals surface area (Å²) in [5.41, 5.74) is 0. The van der Waals surface area contributed by atoms with Crippen LogP contribution in [0.25, 0.3) is 0 Å². The van der Waals surface area contributed by atoms with Gasteiger partial charge in [0.15, 0.2) is 6.10 Å². The van der Waals surface area contributed by atoms with Gasteiger partial charge in [0.25, 0.3) is 0 Å². The van der Waals surface area contributed by atoms with Gasteiger partial charge in [-0.15, -0.1) is 0 Å². The first-order valence-electron chi connectivity index (χ1n) is 26.5. The van der Waals surface area contributed by atoms with Crippen molar-refractivity contribution >= 4 is 17.9 Å². The largest absolute Gasteiger partial charge is 0.462 e. The number of esters is 3. The Labute approximate surface area is 378 Å². The minimum Gasteiger partial charge on any atom is -0.462 e. The molecule has 1 atom stereocenters. The first-order chi connectivity index (χ1) is 30.0. The van der Waals surface area contributed by atoms with Crippen LogP contribution in [0.5, 0.6) is 0 Å². The number of hydrogen-bond donors (Lipinski definition) is 0. The van der Waals surface area contributed by atoms with E-state index >= 15 is 0 Å². The van der Waals surface area contributed by atoms with Gasteiger partial charge in [-0.05, 0) is 96.3 Å². The van der Waals surface area contributed by atoms with Crippen molar-refractivity contribution in [1.82, 2.24) is 0 Å². The quantitative estimate of drug-likeness (QED) is 0.0262. The van der Waals surface area contributed by atoms with Gasteiger partial charge in [0.1, 0.15) is 13.2 Å². The third-order valence-corrected chi connectivity index (χ3v) is 11.6. The second-order valence-corrected chi connectivity index (χ2v) is 17.8. The Morgan fingerprint density at radius 2 is 0.541 bits per heavy atom. The normalized spacial score (nSPS) is 12.2. The molecule has 0 saturated heterocycles. The Morgan fingerprint density at radius 3 is 0.852 bits per heavy atom. The molecule has 0 aromatic carbocycles. The van der Waals surface area contributed by atoms with E-state index in [4.69, 9.17) is 14.2 Å². The predicted octanol–water partition coefficient (Wildman–Crippen LogP) is 17.3. The standard InChI is InChI=1S/C55H100O6/c1-4-7-10-13-16-19-22-25-28-31-33-36-39-42-45-48-54(57)60-51-52(61-55(58)49-46-43-40-37-34-30-27-24-21-18-15-12-9-6-3)50-59-53(56)47-44-41-38-35-32-29-26-23-20-17-14-11-8-5-2/h19,22,29-30,32,34,52H,4-18,20-21,23-28,31,33,35-51H2,1-3H3/b22-19-,32-29-,34-30-. The predicted molar refractivity (Wildman–Crippen MR) is 261 cm³/mol. The van der Waals surface area contributed by atoms with Crippen LogP contribution >= 0.6 is 0 Å². The maximum atomic E-state index is 12.8. The molecule has 61 heavy (non-hydrogen) atoms. The molecule has 0 aliphatic heterocycles. The Hall–Kier alpha value is -2.37. The average Bonchev–Trinajstić information content (AvgIpc) is 3.26. The van der Waals surface area contributed by atoms with Gasteiger partial charge in [0.2, 0.25) is 0 Å². The molecule has 0 heterocycles. The Bertz CT molecular complexity index is 1030. The SMILES string of the molecule is CCCCCC/C=C\CCCCCCCCCC(=O)OCC(COC(=O)CCCCC/C=C\CCCCCCCCC)OC(=O)CCCCC/C=C\CCCCCCCCC. The van der Waals surface area contributed by atoms with Gasteiger partial charge >= 0.3 is 17.9 Å². The molecule has 356 valence electrons. The first kappa shape index (κ1) is 58.6. The summed E-state index contributed by atoms with van der Waals surface area (Å²) in [4.78, 5) is 38.0. The lowest BCUT2D eigenvalue weighted by Gasteiger charge is -2.18. The van der Waals surface area contributed by atoms with Crippen molar-refractivity contribution in [3.05, 3.63) is 36.5 Å². The van der Waals surface area contributed by atoms with Crippen LogP contribution in [-0.4, -0.2) is 37.2 Å². The monoisotopic (exact) mass is 857 g/mol. The van der Waals surface area contributed by atoms with Gasteiger partial charge in [-0.1, -0.05) is 198 Å². The van der Waals surface area contributed by atoms with Crippen LogP contribution in [0.15, 0.2) is 36.5 Å². The van der Waals surface area contributed by atoms with Gasteiger partial charge in [0, 0.05) is 19.3 Å². The lowest BCUT2D eigenvalue weighted by Crippen LogP contribution is -2.30. The van der Waals surface area contributed by atoms with Crippen LogP contribution in [0.3, 0.4) is 0 Å². The molecule has 0 fully saturated rings. The second kappa shape index (κ2) is 50.3. The van der Waals surface area contributed by atoms with Crippen molar-refractivity contribution in [3.8, 4) is 0 Å². The highest BCUT2D eigenvalue weighted by Gasteiger charge is 2.19. The molecule has 0 spiro atoms. The lowest BCUT2D eigenvalue weighted by atomic mass is 10.1. The highest BCUT2D eigenvalue weighted by Crippen LogP contribution is 2.14. The molecular weight excluding hydrogens is 757 g/mol. The minimum absolute atomic E-state index is 0.0836. The first-order valence-corrected chi connectivity index (χ1v) is 26.5. The van der Waals surface area contributed by atoms with E-state index < -0.39 is 6.10 Å². The van der Waals surface area contributed by atoms with E-state index in [1.807, 2.05) is 0 Å². The number of allylic oxidation sites excluding steroid dienone is 6. The molecule has 0 bridgehead atoms. The number of carbonyl (C=O) groups is 3. The zero-order chi connectivity index (χ0) is 44.4. The molecule has 0 N–H and O–H groups in total. The molecule has 6 nitrogen and oxygen atoms in total. The van der Waals surface area contributed by atoms with Crippen LogP contribution in [0.1, 0.15) is 278 Å². The lowest BCUT2D eigenvalue weighted by molar-refractivity contribution is -0.167. The maximum Gasteiger partial charge on any atom is 0.306 e. The Morgan fingerprint density at radius 1 is 0.311 bits per heavy atom. The van der Waals surface area contributed by atoms with Gasteiger partial charge in [-0.25, -0.2) is 0 Å². The summed E-state index contributed by atoms with van der Waals surface area (Å²) in [5.74, 6) is -0.911. The van der Waals surface area contributed by atoms with E-state index in [1.165, 1.54) is 154 Å². The number of unbranched alkanes of at least 4 members (excludes halogenated alkanes) is 31. The number of carbonyl (C=O) groups excluding carboxylic acids is 3. The fraction of sp³-hybridized carbons (Fsp3) is 0.836. The van der Waals surface area contributed by atoms with E-state index in [1.54, 1.807) is 0 Å². The summed E-state index contributed by atoms with van der Waals surface area (Å²) in [6.07, 6.45) is 58.4. The number of hydrogen-bond acceptors (Lipinski definition) is 6. The van der Waals surface area contributed by atoms with E-state index in [0.717, 1.165) is 83.5 Å². The molecule has 0 amide bonds. The molecule has 0 aromatic rings. The molecule has 0 rings (SSSR count). The van der Waals surface area contributed by atoms with Crippen LogP contribution in [0, 0.1) is 0 Å². The zero-order valence-corrected chi connectivity index (χ0v) is 40.7. The van der Waals surface area contributed by atoms with E-state index in [9.17, 15) is 14.4 Å². The molecule has 0 aliphatic rings. The van der Waals surface area contributed by atoms with Crippen molar-refractivity contribution in [2.45, 2.75) is 284 Å². The van der Waals surface area contributed by atoms with Gasteiger partial charge in [-0.3, -0.25) is 14.4 Å². The fourth-order valence-corrected chi connectivity index (χ4v) is 7.54. The van der Waals surface area contributed by atoms with E-state index in [2.05, 4.69) is 57.2 Å². The molecule has 1 unspecified atom stereocenters. The molecule has 0 aliphatic carbocycles. The van der Waals surface area contributed by atoms with Crippen LogP contribution in [-0.2, 0) is 28.6 Å². The molecule has 0 aromatic heterocycles. The average molecular weight is 857 g/mol. The smallest absolute Gasteiger partial charge is 0.306 e. The summed E-state index contributed by atoms with van der Waals surface area (Å²) in [5, 5.41) is 0. The third kappa shape index (κ3) is 48.5. The fourth-order valence-electron chi connectivity index (χ4n) is 7.54. The minimum atomic E-state index is -0.785. The van der Waals surface area contributed by atoms with Crippen molar-refractivity contribution in [3.63, 3.8) is 0 Å². The molecule has 0 radical (unpaired) electrons. The summed E-state index contributed by atoms with van der Waals surface area (Å²) < 4.78 is 16.8. The number of rotatable bonds is 48. The summed E-state index contributed by atoms with van der Waals surface area (Å²) in [6.45, 7) is 6.61. The van der Waals surface area contributed by atoms with Gasteiger partial charge < -0.3 is 14.2 Å². The topological polar surface area (TPSA) is 78.9 Å². The van der Waals surface area contributed by atoms with Gasteiger partial charge in [-0.2, -0.15) is 0 Å². The van der Waals surface area contributed by atoms with Crippen LogP contribution < -0.4 is 0 Å². The maximum absolute atomic E-state index is 12.8.